The lowest BCUT2D eigenvalue weighted by Crippen LogP contribution is -2.11. The summed E-state index contributed by atoms with van der Waals surface area (Å²) >= 11 is 2.82. The van der Waals surface area contributed by atoms with E-state index >= 15 is 0 Å². The van der Waals surface area contributed by atoms with Crippen molar-refractivity contribution in [2.75, 3.05) is 5.75 Å². The number of thiazole rings is 1. The Balaban J connectivity index is 2.27. The van der Waals surface area contributed by atoms with Crippen LogP contribution in [0.1, 0.15) is 40.1 Å². The highest BCUT2D eigenvalue weighted by atomic mass is 32.2. The number of nitrogens with zero attached hydrogens (tertiary/aromatic N) is 1. The quantitative estimate of drug-likeness (QED) is 0.901. The predicted molar refractivity (Wildman–Crippen MR) is 64.1 cm³/mol. The molecule has 7 heteroatoms. The Morgan fingerprint density at radius 1 is 1.35 bits per heavy atom. The van der Waals surface area contributed by atoms with Gasteiger partial charge in [0.1, 0.15) is 5.01 Å². The second-order valence-electron chi connectivity index (χ2n) is 3.88. The Bertz CT molecular complexity index is 383. The summed E-state index contributed by atoms with van der Waals surface area (Å²) in [4.78, 5) is 3.92. The number of halogens is 3. The minimum atomic E-state index is -4.39. The molecule has 1 aromatic rings. The van der Waals surface area contributed by atoms with Crippen molar-refractivity contribution in [3.05, 3.63) is 15.6 Å². The van der Waals surface area contributed by atoms with Crippen LogP contribution in [0, 0.1) is 0 Å². The van der Waals surface area contributed by atoms with Gasteiger partial charge in [0, 0.05) is 6.54 Å². The van der Waals surface area contributed by atoms with Gasteiger partial charge in [0.05, 0.1) is 10.1 Å². The smallest absolute Gasteiger partial charge is 0.326 e. The molecule has 0 spiro atoms. The highest BCUT2D eigenvalue weighted by Crippen LogP contribution is 2.43. The normalized spacial score (nSPS) is 21.8. The molecule has 17 heavy (non-hydrogen) atoms. The summed E-state index contributed by atoms with van der Waals surface area (Å²) in [5.74, 6) is 1.00. The first-order valence-corrected chi connectivity index (χ1v) is 7.27. The molecule has 0 bridgehead atoms. The fourth-order valence-electron chi connectivity index (χ4n) is 1.80. The molecule has 2 nitrogen and oxygen atoms in total. The van der Waals surface area contributed by atoms with E-state index in [1.165, 1.54) is 0 Å². The first-order valence-electron chi connectivity index (χ1n) is 5.41. The summed E-state index contributed by atoms with van der Waals surface area (Å²) < 4.78 is 38.1. The lowest BCUT2D eigenvalue weighted by molar-refractivity contribution is -0.141. The van der Waals surface area contributed by atoms with Crippen molar-refractivity contribution in [1.82, 2.24) is 4.98 Å². The van der Waals surface area contributed by atoms with E-state index in [1.807, 2.05) is 0 Å². The van der Waals surface area contributed by atoms with Gasteiger partial charge in [0.15, 0.2) is 5.69 Å². The molecule has 96 valence electrons. The molecule has 2 N–H and O–H groups in total. The van der Waals surface area contributed by atoms with E-state index in [1.54, 1.807) is 11.8 Å². The molecule has 1 aliphatic rings. The van der Waals surface area contributed by atoms with Gasteiger partial charge in [-0.3, -0.25) is 0 Å². The molecule has 0 radical (unpaired) electrons. The molecule has 2 rings (SSSR count). The van der Waals surface area contributed by atoms with Crippen molar-refractivity contribution in [2.24, 2.45) is 5.73 Å². The van der Waals surface area contributed by atoms with Crippen molar-refractivity contribution < 1.29 is 13.2 Å². The number of rotatable bonds is 2. The third-order valence-corrected chi connectivity index (χ3v) is 5.35. The first-order chi connectivity index (χ1) is 8.02. The Labute approximate surface area is 106 Å². The summed E-state index contributed by atoms with van der Waals surface area (Å²) in [6.45, 7) is -0.0934. The van der Waals surface area contributed by atoms with Crippen LogP contribution in [0.2, 0.25) is 0 Å². The summed E-state index contributed by atoms with van der Waals surface area (Å²) in [5.41, 5.74) is 4.57. The van der Waals surface area contributed by atoms with E-state index in [2.05, 4.69) is 4.98 Å². The number of aromatic nitrogens is 1. The van der Waals surface area contributed by atoms with E-state index in [0.29, 0.717) is 5.01 Å². The maximum atomic E-state index is 12.7. The molecule has 0 aliphatic carbocycles. The zero-order valence-corrected chi connectivity index (χ0v) is 10.7. The number of alkyl halides is 3. The standard InChI is InChI=1S/C10H13F3N2S2/c11-10(12,13)8-7(5-14)17-9(15-8)6-3-1-2-4-16-6/h6H,1-5,14H2. The van der Waals surface area contributed by atoms with Crippen LogP contribution >= 0.6 is 23.1 Å². The Morgan fingerprint density at radius 2 is 2.12 bits per heavy atom. The van der Waals surface area contributed by atoms with Crippen molar-refractivity contribution in [3.8, 4) is 0 Å². The maximum absolute atomic E-state index is 12.7. The SMILES string of the molecule is NCc1sc(C2CCCCS2)nc1C(F)(F)F. The summed E-state index contributed by atoms with van der Waals surface area (Å²) in [6, 6.07) is 0. The van der Waals surface area contributed by atoms with Gasteiger partial charge in [-0.15, -0.1) is 11.3 Å². The van der Waals surface area contributed by atoms with Crippen molar-refractivity contribution in [1.29, 1.82) is 0 Å². The Morgan fingerprint density at radius 3 is 2.59 bits per heavy atom. The van der Waals surface area contributed by atoms with Gasteiger partial charge in [0.25, 0.3) is 0 Å². The molecule has 1 aliphatic heterocycles. The molecule has 1 saturated heterocycles. The second kappa shape index (κ2) is 5.16. The molecule has 1 atom stereocenters. The van der Waals surface area contributed by atoms with Crippen LogP contribution in [-0.2, 0) is 12.7 Å². The fourth-order valence-corrected chi connectivity index (χ4v) is 4.32. The van der Waals surface area contributed by atoms with Crippen LogP contribution in [0.25, 0.3) is 0 Å². The number of hydrogen-bond donors (Lipinski definition) is 1. The Kier molecular flexibility index (Phi) is 3.99. The minimum Gasteiger partial charge on any atom is -0.326 e. The van der Waals surface area contributed by atoms with Gasteiger partial charge in [-0.1, -0.05) is 6.42 Å². The van der Waals surface area contributed by atoms with E-state index in [-0.39, 0.29) is 16.7 Å². The van der Waals surface area contributed by atoms with E-state index in [9.17, 15) is 13.2 Å². The van der Waals surface area contributed by atoms with Gasteiger partial charge in [0.2, 0.25) is 0 Å². The fraction of sp³-hybridized carbons (Fsp3) is 0.700. The van der Waals surface area contributed by atoms with E-state index in [0.717, 1.165) is 36.4 Å². The number of thioether (sulfide) groups is 1. The van der Waals surface area contributed by atoms with Crippen LogP contribution in [-0.4, -0.2) is 10.7 Å². The molecule has 1 unspecified atom stereocenters. The molecule has 0 aromatic carbocycles. The topological polar surface area (TPSA) is 38.9 Å². The molecule has 2 heterocycles. The van der Waals surface area contributed by atoms with Crippen LogP contribution in [0.4, 0.5) is 13.2 Å². The van der Waals surface area contributed by atoms with Crippen molar-refractivity contribution in [2.45, 2.75) is 37.2 Å². The molecule has 0 amide bonds. The van der Waals surface area contributed by atoms with Gasteiger partial charge < -0.3 is 5.73 Å². The zero-order chi connectivity index (χ0) is 12.5. The predicted octanol–water partition coefficient (Wildman–Crippen LogP) is 3.58. The van der Waals surface area contributed by atoms with Crippen LogP contribution in [0.15, 0.2) is 0 Å². The average Bonchev–Trinajstić information content (AvgIpc) is 2.74. The van der Waals surface area contributed by atoms with Crippen LogP contribution < -0.4 is 5.73 Å². The van der Waals surface area contributed by atoms with Crippen molar-refractivity contribution >= 4 is 23.1 Å². The van der Waals surface area contributed by atoms with Gasteiger partial charge >= 0.3 is 6.18 Å². The summed E-state index contributed by atoms with van der Waals surface area (Å²) in [6.07, 6.45) is -1.26. The highest BCUT2D eigenvalue weighted by Gasteiger charge is 2.38. The van der Waals surface area contributed by atoms with Gasteiger partial charge in [-0.05, 0) is 18.6 Å². The molecular weight excluding hydrogens is 269 g/mol. The third kappa shape index (κ3) is 2.95. The summed E-state index contributed by atoms with van der Waals surface area (Å²) in [5, 5.41) is 0.706. The highest BCUT2D eigenvalue weighted by molar-refractivity contribution is 7.99. The van der Waals surface area contributed by atoms with E-state index < -0.39 is 11.9 Å². The zero-order valence-electron chi connectivity index (χ0n) is 9.09. The first kappa shape index (κ1) is 13.2. The summed E-state index contributed by atoms with van der Waals surface area (Å²) in [7, 11) is 0. The number of hydrogen-bond acceptors (Lipinski definition) is 4. The molecular formula is C10H13F3N2S2. The molecule has 1 fully saturated rings. The van der Waals surface area contributed by atoms with Gasteiger partial charge in [-0.2, -0.15) is 24.9 Å². The lowest BCUT2D eigenvalue weighted by atomic mass is 10.2. The molecule has 0 saturated carbocycles. The maximum Gasteiger partial charge on any atom is 0.434 e. The van der Waals surface area contributed by atoms with Crippen LogP contribution in [0.3, 0.4) is 0 Å². The second-order valence-corrected chi connectivity index (χ2v) is 6.31. The number of nitrogens with two attached hydrogens (primary N) is 1. The van der Waals surface area contributed by atoms with Crippen LogP contribution in [0.5, 0.6) is 0 Å². The minimum absolute atomic E-state index is 0.0934. The Hall–Kier alpha value is -0.270. The van der Waals surface area contributed by atoms with E-state index in [4.69, 9.17) is 5.73 Å². The lowest BCUT2D eigenvalue weighted by Gasteiger charge is -2.18. The average molecular weight is 282 g/mol. The van der Waals surface area contributed by atoms with Crippen molar-refractivity contribution in [3.63, 3.8) is 0 Å². The monoisotopic (exact) mass is 282 g/mol. The third-order valence-electron chi connectivity index (χ3n) is 2.62. The van der Waals surface area contributed by atoms with Gasteiger partial charge in [-0.25, -0.2) is 4.98 Å². The largest absolute Gasteiger partial charge is 0.434 e. The molecule has 1 aromatic heterocycles.